The van der Waals surface area contributed by atoms with E-state index in [1.807, 2.05) is 18.2 Å². The van der Waals surface area contributed by atoms with Crippen LogP contribution >= 0.6 is 31.9 Å². The van der Waals surface area contributed by atoms with E-state index < -0.39 is 4.92 Å². The van der Waals surface area contributed by atoms with Crippen molar-refractivity contribution in [1.29, 1.82) is 5.26 Å². The maximum Gasteiger partial charge on any atom is 0.269 e. The fraction of sp³-hybridized carbons (Fsp3) is 0.0625. The fourth-order valence-electron chi connectivity index (χ4n) is 1.86. The third-order valence-corrected chi connectivity index (χ3v) is 4.05. The van der Waals surface area contributed by atoms with E-state index in [1.54, 1.807) is 18.2 Å². The van der Waals surface area contributed by atoms with Gasteiger partial charge in [0.25, 0.3) is 5.69 Å². The first-order valence-electron chi connectivity index (χ1n) is 6.42. The number of hydrogen-bond acceptors (Lipinski definition) is 4. The van der Waals surface area contributed by atoms with Crippen molar-refractivity contribution in [3.8, 4) is 11.8 Å². The summed E-state index contributed by atoms with van der Waals surface area (Å²) in [6.45, 7) is 0.201. The zero-order valence-corrected chi connectivity index (χ0v) is 14.9. The first kappa shape index (κ1) is 17.2. The summed E-state index contributed by atoms with van der Waals surface area (Å²) in [7, 11) is 0. The topological polar surface area (TPSA) is 76.2 Å². The van der Waals surface area contributed by atoms with Crippen molar-refractivity contribution >= 4 is 43.6 Å². The van der Waals surface area contributed by atoms with Crippen molar-refractivity contribution in [2.45, 2.75) is 6.61 Å². The standard InChI is InChI=1S/C16H10Br2N2O3/c17-14-8-11(4-2-6-19)9-15(18)16(14)23-10-12-3-1-5-13(7-12)20(21)22/h1-5,7-9H,10H2. The molecule has 2 aromatic rings. The molecular weight excluding hydrogens is 428 g/mol. The van der Waals surface area contributed by atoms with Gasteiger partial charge in [0, 0.05) is 18.2 Å². The predicted molar refractivity (Wildman–Crippen MR) is 93.9 cm³/mol. The maximum atomic E-state index is 10.8. The Bertz CT molecular complexity index is 790. The van der Waals surface area contributed by atoms with Crippen LogP contribution in [0, 0.1) is 21.4 Å². The number of nitriles is 1. The molecule has 0 amide bonds. The summed E-state index contributed by atoms with van der Waals surface area (Å²) >= 11 is 6.84. The smallest absolute Gasteiger partial charge is 0.269 e. The van der Waals surface area contributed by atoms with Crippen LogP contribution in [-0.2, 0) is 6.61 Å². The molecule has 0 heterocycles. The third kappa shape index (κ3) is 4.65. The largest absolute Gasteiger partial charge is 0.487 e. The second-order valence-corrected chi connectivity index (χ2v) is 6.20. The Labute approximate surface area is 149 Å². The SMILES string of the molecule is N#CC=Cc1cc(Br)c(OCc2cccc([N+](=O)[O-])c2)c(Br)c1. The molecule has 5 nitrogen and oxygen atoms in total. The van der Waals surface area contributed by atoms with Crippen LogP contribution in [0.2, 0.25) is 0 Å². The van der Waals surface area contributed by atoms with Crippen LogP contribution in [0.1, 0.15) is 11.1 Å². The quantitative estimate of drug-likeness (QED) is 0.364. The molecule has 0 radical (unpaired) electrons. The highest BCUT2D eigenvalue weighted by atomic mass is 79.9. The van der Waals surface area contributed by atoms with E-state index in [0.29, 0.717) is 11.3 Å². The van der Waals surface area contributed by atoms with Crippen LogP contribution in [0.15, 0.2) is 51.4 Å². The monoisotopic (exact) mass is 436 g/mol. The molecular formula is C16H10Br2N2O3. The Hall–Kier alpha value is -2.17. The molecule has 0 aliphatic heterocycles. The lowest BCUT2D eigenvalue weighted by Crippen LogP contribution is -1.98. The second kappa shape index (κ2) is 7.90. The van der Waals surface area contributed by atoms with Crippen LogP contribution in [0.25, 0.3) is 6.08 Å². The lowest BCUT2D eigenvalue weighted by Gasteiger charge is -2.11. The summed E-state index contributed by atoms with van der Waals surface area (Å²) in [5.41, 5.74) is 1.57. The molecule has 2 aromatic carbocycles. The van der Waals surface area contributed by atoms with Gasteiger partial charge in [-0.1, -0.05) is 12.1 Å². The van der Waals surface area contributed by atoms with E-state index >= 15 is 0 Å². The number of halogens is 2. The maximum absolute atomic E-state index is 10.8. The Morgan fingerprint density at radius 1 is 1.26 bits per heavy atom. The lowest BCUT2D eigenvalue weighted by molar-refractivity contribution is -0.384. The molecule has 0 spiro atoms. The number of nitro benzene ring substituents is 1. The minimum Gasteiger partial charge on any atom is -0.487 e. The van der Waals surface area contributed by atoms with Gasteiger partial charge in [-0.2, -0.15) is 5.26 Å². The number of nitrogens with zero attached hydrogens (tertiary/aromatic N) is 2. The highest BCUT2D eigenvalue weighted by Gasteiger charge is 2.10. The van der Waals surface area contributed by atoms with Gasteiger partial charge in [0.2, 0.25) is 0 Å². The van der Waals surface area contributed by atoms with Crippen molar-refractivity contribution in [2.24, 2.45) is 0 Å². The van der Waals surface area contributed by atoms with E-state index in [2.05, 4.69) is 31.9 Å². The van der Waals surface area contributed by atoms with Crippen LogP contribution in [-0.4, -0.2) is 4.92 Å². The molecule has 0 aliphatic carbocycles. The summed E-state index contributed by atoms with van der Waals surface area (Å²) in [4.78, 5) is 10.3. The molecule has 23 heavy (non-hydrogen) atoms. The van der Waals surface area contributed by atoms with Crippen LogP contribution < -0.4 is 4.74 Å². The number of nitro groups is 1. The van der Waals surface area contributed by atoms with E-state index in [-0.39, 0.29) is 12.3 Å². The predicted octanol–water partition coefficient (Wildman–Crippen LogP) is 5.24. The van der Waals surface area contributed by atoms with E-state index in [1.165, 1.54) is 18.2 Å². The van der Waals surface area contributed by atoms with Crippen molar-refractivity contribution in [2.75, 3.05) is 0 Å². The van der Waals surface area contributed by atoms with E-state index in [4.69, 9.17) is 10.00 Å². The molecule has 0 atom stereocenters. The molecule has 0 fully saturated rings. The molecule has 7 heteroatoms. The summed E-state index contributed by atoms with van der Waals surface area (Å²) < 4.78 is 7.18. The van der Waals surface area contributed by atoms with E-state index in [9.17, 15) is 10.1 Å². The summed E-state index contributed by atoms with van der Waals surface area (Å²) in [6.07, 6.45) is 3.07. The van der Waals surface area contributed by atoms with E-state index in [0.717, 1.165) is 14.5 Å². The van der Waals surface area contributed by atoms with Crippen LogP contribution in [0.4, 0.5) is 5.69 Å². The van der Waals surface area contributed by atoms with Gasteiger partial charge in [-0.05, 0) is 61.2 Å². The molecule has 0 saturated carbocycles. The minimum atomic E-state index is -0.439. The summed E-state index contributed by atoms with van der Waals surface area (Å²) in [5, 5.41) is 19.3. The van der Waals surface area contributed by atoms with Gasteiger partial charge < -0.3 is 4.74 Å². The normalized spacial score (nSPS) is 10.5. The van der Waals surface area contributed by atoms with Gasteiger partial charge in [-0.25, -0.2) is 0 Å². The number of allylic oxidation sites excluding steroid dienone is 1. The number of benzene rings is 2. The molecule has 0 aliphatic rings. The number of ether oxygens (including phenoxy) is 1. The summed E-state index contributed by atoms with van der Waals surface area (Å²) in [6, 6.07) is 11.9. The van der Waals surface area contributed by atoms with Crippen LogP contribution in [0.3, 0.4) is 0 Å². The lowest BCUT2D eigenvalue weighted by atomic mass is 10.2. The molecule has 0 unspecified atom stereocenters. The zero-order chi connectivity index (χ0) is 16.8. The zero-order valence-electron chi connectivity index (χ0n) is 11.7. The van der Waals surface area contributed by atoms with Crippen LogP contribution in [0.5, 0.6) is 5.75 Å². The molecule has 0 saturated heterocycles. The molecule has 116 valence electrons. The number of hydrogen-bond donors (Lipinski definition) is 0. The Kier molecular flexibility index (Phi) is 5.90. The first-order valence-corrected chi connectivity index (χ1v) is 8.01. The average molecular weight is 438 g/mol. The van der Waals surface area contributed by atoms with Gasteiger partial charge in [-0.3, -0.25) is 10.1 Å². The van der Waals surface area contributed by atoms with Crippen molar-refractivity contribution in [1.82, 2.24) is 0 Å². The first-order chi connectivity index (χ1) is 11.0. The van der Waals surface area contributed by atoms with Gasteiger partial charge in [0.05, 0.1) is 19.9 Å². The molecule has 0 N–H and O–H groups in total. The fourth-order valence-corrected chi connectivity index (χ4v) is 3.31. The van der Waals surface area contributed by atoms with Crippen molar-refractivity contribution in [3.05, 3.63) is 72.7 Å². The Balaban J connectivity index is 2.18. The Morgan fingerprint density at radius 2 is 1.96 bits per heavy atom. The summed E-state index contributed by atoms with van der Waals surface area (Å²) in [5.74, 6) is 0.589. The van der Waals surface area contributed by atoms with Gasteiger partial charge in [0.15, 0.2) is 0 Å². The highest BCUT2D eigenvalue weighted by Crippen LogP contribution is 2.35. The molecule has 2 rings (SSSR count). The molecule has 0 bridgehead atoms. The van der Waals surface area contributed by atoms with Gasteiger partial charge >= 0.3 is 0 Å². The van der Waals surface area contributed by atoms with Gasteiger partial charge in [-0.15, -0.1) is 0 Å². The molecule has 0 aromatic heterocycles. The van der Waals surface area contributed by atoms with Crippen molar-refractivity contribution in [3.63, 3.8) is 0 Å². The highest BCUT2D eigenvalue weighted by molar-refractivity contribution is 9.11. The average Bonchev–Trinajstić information content (AvgIpc) is 2.52. The number of non-ortho nitro benzene ring substituents is 1. The second-order valence-electron chi connectivity index (χ2n) is 4.49. The van der Waals surface area contributed by atoms with Crippen molar-refractivity contribution < 1.29 is 9.66 Å². The minimum absolute atomic E-state index is 0.0289. The third-order valence-electron chi connectivity index (χ3n) is 2.88. The Morgan fingerprint density at radius 3 is 2.57 bits per heavy atom. The number of rotatable bonds is 5. The van der Waals surface area contributed by atoms with Gasteiger partial charge in [0.1, 0.15) is 12.4 Å².